The molecule has 0 unspecified atom stereocenters. The molecule has 2 radical (unpaired) electrons. The third kappa shape index (κ3) is 3.46. The molecule has 0 spiro atoms. The first-order chi connectivity index (χ1) is 7.24. The average Bonchev–Trinajstić information content (AvgIpc) is 2.25. The number of nitrogens with one attached hydrogen (secondary N) is 2. The van der Waals surface area contributed by atoms with E-state index in [1.54, 1.807) is 0 Å². The second kappa shape index (κ2) is 5.31. The van der Waals surface area contributed by atoms with Gasteiger partial charge >= 0.3 is 0 Å². The highest BCUT2D eigenvalue weighted by Crippen LogP contribution is 2.34. The van der Waals surface area contributed by atoms with Gasteiger partial charge in [-0.1, -0.05) is 0 Å². The summed E-state index contributed by atoms with van der Waals surface area (Å²) in [5, 5.41) is 0. The van der Waals surface area contributed by atoms with Gasteiger partial charge < -0.3 is 0 Å². The Kier molecular flexibility index (Phi) is 4.04. The van der Waals surface area contributed by atoms with E-state index in [1.807, 2.05) is 0 Å². The Hall–Kier alpha value is -0.0800. The van der Waals surface area contributed by atoms with Crippen molar-refractivity contribution in [1.82, 2.24) is 11.5 Å². The Morgan fingerprint density at radius 2 is 0.933 bits per heavy atom. The highest BCUT2D eigenvalue weighted by molar-refractivity contribution is 4.79. The first kappa shape index (κ1) is 11.4. The molecule has 86 valence electrons. The van der Waals surface area contributed by atoms with Gasteiger partial charge in [-0.2, -0.15) is 0 Å². The molecule has 0 aromatic carbocycles. The Balaban J connectivity index is 1.68. The molecule has 0 aliphatic heterocycles. The summed E-state index contributed by atoms with van der Waals surface area (Å²) in [4.78, 5) is 0. The standard InChI is InChI=1S/C13H24N2/c14-12-5-1-10(2-6-12)9-11-3-7-13(15)8-4-11/h10-15H,1-9H2. The van der Waals surface area contributed by atoms with E-state index in [0.717, 1.165) is 37.5 Å². The Labute approximate surface area is 93.8 Å². The van der Waals surface area contributed by atoms with Crippen molar-refractivity contribution in [2.24, 2.45) is 11.8 Å². The maximum Gasteiger partial charge on any atom is 0.0213 e. The van der Waals surface area contributed by atoms with E-state index in [0.29, 0.717) is 0 Å². The highest BCUT2D eigenvalue weighted by atomic mass is 14.6. The quantitative estimate of drug-likeness (QED) is 0.669. The molecule has 0 aromatic rings. The van der Waals surface area contributed by atoms with E-state index < -0.39 is 0 Å². The fourth-order valence-electron chi connectivity index (χ4n) is 3.27. The van der Waals surface area contributed by atoms with Crippen molar-refractivity contribution in [2.45, 2.75) is 69.9 Å². The Morgan fingerprint density at radius 1 is 0.600 bits per heavy atom. The van der Waals surface area contributed by atoms with E-state index in [4.69, 9.17) is 11.5 Å². The van der Waals surface area contributed by atoms with Gasteiger partial charge in [0.25, 0.3) is 0 Å². The van der Waals surface area contributed by atoms with E-state index >= 15 is 0 Å². The molecule has 0 amide bonds. The zero-order valence-corrected chi connectivity index (χ0v) is 9.67. The maximum absolute atomic E-state index is 7.68. The number of hydrogen-bond acceptors (Lipinski definition) is 0. The minimum atomic E-state index is 0.241. The molecular weight excluding hydrogens is 184 g/mol. The van der Waals surface area contributed by atoms with Gasteiger partial charge in [-0.25, -0.2) is 0 Å². The second-order valence-corrected chi connectivity index (χ2v) is 5.67. The molecule has 2 heteroatoms. The van der Waals surface area contributed by atoms with Crippen LogP contribution in [0.2, 0.25) is 0 Å². The lowest BCUT2D eigenvalue weighted by Crippen LogP contribution is -2.24. The molecular formula is C13H24N2. The van der Waals surface area contributed by atoms with E-state index in [1.165, 1.54) is 32.1 Å². The van der Waals surface area contributed by atoms with Gasteiger partial charge in [0.05, 0.1) is 0 Å². The molecule has 0 heterocycles. The SMILES string of the molecule is [NH]C1CCC(CC2CCC([NH])CC2)CC1. The predicted octanol–water partition coefficient (Wildman–Crippen LogP) is 3.06. The number of hydrogen-bond donors (Lipinski definition) is 0. The summed E-state index contributed by atoms with van der Waals surface area (Å²) in [5.41, 5.74) is 15.4. The number of rotatable bonds is 2. The van der Waals surface area contributed by atoms with Crippen molar-refractivity contribution in [3.8, 4) is 0 Å². The average molecular weight is 208 g/mol. The highest BCUT2D eigenvalue weighted by Gasteiger charge is 2.25. The van der Waals surface area contributed by atoms with Crippen LogP contribution in [0.4, 0.5) is 0 Å². The van der Waals surface area contributed by atoms with Gasteiger partial charge in [0.1, 0.15) is 0 Å². The maximum atomic E-state index is 7.68. The van der Waals surface area contributed by atoms with Crippen LogP contribution in [-0.4, -0.2) is 12.1 Å². The molecule has 0 saturated heterocycles. The summed E-state index contributed by atoms with van der Waals surface area (Å²) in [5.74, 6) is 1.83. The van der Waals surface area contributed by atoms with Gasteiger partial charge in [0.2, 0.25) is 0 Å². The zero-order valence-electron chi connectivity index (χ0n) is 9.67. The monoisotopic (exact) mass is 208 g/mol. The van der Waals surface area contributed by atoms with E-state index in [2.05, 4.69) is 0 Å². The smallest absolute Gasteiger partial charge is 0.0213 e. The fraction of sp³-hybridized carbons (Fsp3) is 1.00. The first-order valence-electron chi connectivity index (χ1n) is 6.66. The molecule has 2 aliphatic carbocycles. The van der Waals surface area contributed by atoms with Crippen LogP contribution in [-0.2, 0) is 0 Å². The van der Waals surface area contributed by atoms with Gasteiger partial charge in [-0.3, -0.25) is 11.5 Å². The van der Waals surface area contributed by atoms with Crippen LogP contribution in [0.25, 0.3) is 0 Å². The van der Waals surface area contributed by atoms with Gasteiger partial charge in [0, 0.05) is 12.1 Å². The van der Waals surface area contributed by atoms with Crippen molar-refractivity contribution in [3.63, 3.8) is 0 Å². The molecule has 2 fully saturated rings. The van der Waals surface area contributed by atoms with Crippen LogP contribution in [0.3, 0.4) is 0 Å². The van der Waals surface area contributed by atoms with E-state index in [9.17, 15) is 0 Å². The lowest BCUT2D eigenvalue weighted by molar-refractivity contribution is 0.222. The summed E-state index contributed by atoms with van der Waals surface area (Å²) < 4.78 is 0. The molecule has 2 N–H and O–H groups in total. The molecule has 2 rings (SSSR count). The third-order valence-electron chi connectivity index (χ3n) is 4.36. The molecule has 0 atom stereocenters. The van der Waals surface area contributed by atoms with Crippen molar-refractivity contribution in [3.05, 3.63) is 0 Å². The molecule has 0 aromatic heterocycles. The van der Waals surface area contributed by atoms with Crippen LogP contribution >= 0.6 is 0 Å². The van der Waals surface area contributed by atoms with Gasteiger partial charge in [0.15, 0.2) is 0 Å². The topological polar surface area (TPSA) is 47.6 Å². The Bertz CT molecular complexity index is 157. The van der Waals surface area contributed by atoms with Crippen LogP contribution in [0.5, 0.6) is 0 Å². The minimum absolute atomic E-state index is 0.241. The van der Waals surface area contributed by atoms with Crippen LogP contribution in [0.1, 0.15) is 57.8 Å². The summed E-state index contributed by atoms with van der Waals surface area (Å²) >= 11 is 0. The van der Waals surface area contributed by atoms with Crippen molar-refractivity contribution < 1.29 is 0 Å². The Morgan fingerprint density at radius 3 is 1.27 bits per heavy atom. The molecule has 2 nitrogen and oxygen atoms in total. The lowest BCUT2D eigenvalue weighted by atomic mass is 9.76. The van der Waals surface area contributed by atoms with Crippen molar-refractivity contribution in [2.75, 3.05) is 0 Å². The van der Waals surface area contributed by atoms with Crippen LogP contribution in [0.15, 0.2) is 0 Å². The van der Waals surface area contributed by atoms with Gasteiger partial charge in [-0.05, 0) is 69.6 Å². The van der Waals surface area contributed by atoms with Crippen molar-refractivity contribution >= 4 is 0 Å². The van der Waals surface area contributed by atoms with Gasteiger partial charge in [-0.15, -0.1) is 0 Å². The minimum Gasteiger partial charge on any atom is -0.255 e. The molecule has 2 aliphatic rings. The molecule has 0 bridgehead atoms. The normalized spacial score (nSPS) is 42.8. The summed E-state index contributed by atoms with van der Waals surface area (Å²) in [6, 6.07) is 0.482. The van der Waals surface area contributed by atoms with Crippen LogP contribution < -0.4 is 11.5 Å². The summed E-state index contributed by atoms with van der Waals surface area (Å²) in [6.07, 6.45) is 11.2. The van der Waals surface area contributed by atoms with Crippen molar-refractivity contribution in [1.29, 1.82) is 0 Å². The lowest BCUT2D eigenvalue weighted by Gasteiger charge is -2.32. The summed E-state index contributed by atoms with van der Waals surface area (Å²) in [6.45, 7) is 0. The molecule has 15 heavy (non-hydrogen) atoms. The fourth-order valence-corrected chi connectivity index (χ4v) is 3.27. The van der Waals surface area contributed by atoms with Crippen LogP contribution in [0, 0.1) is 11.8 Å². The third-order valence-corrected chi connectivity index (χ3v) is 4.36. The first-order valence-corrected chi connectivity index (χ1v) is 6.66. The predicted molar refractivity (Wildman–Crippen MR) is 62.3 cm³/mol. The summed E-state index contributed by atoms with van der Waals surface area (Å²) in [7, 11) is 0. The zero-order chi connectivity index (χ0) is 10.7. The van der Waals surface area contributed by atoms with E-state index in [-0.39, 0.29) is 12.1 Å². The largest absolute Gasteiger partial charge is 0.255 e. The molecule has 2 saturated carbocycles. The second-order valence-electron chi connectivity index (χ2n) is 5.67.